The third-order valence-electron chi connectivity index (χ3n) is 8.62. The van der Waals surface area contributed by atoms with Crippen molar-refractivity contribution in [3.05, 3.63) is 66.8 Å². The molecule has 1 amide bonds. The smallest absolute Gasteiger partial charge is 0.247 e. The number of hydroxylamine groups is 1. The first-order chi connectivity index (χ1) is 21.0. The Morgan fingerprint density at radius 2 is 1.86 bits per heavy atom. The fraction of sp³-hybridized carbons (Fsp3) is 0.438. The number of carbonyl (C=O) groups excluding carboxylic acids is 1. The van der Waals surface area contributed by atoms with Crippen LogP contribution in [-0.2, 0) is 9.63 Å². The Bertz CT molecular complexity index is 1440. The summed E-state index contributed by atoms with van der Waals surface area (Å²) in [6, 6.07) is 10.5. The molecule has 11 heteroatoms. The highest BCUT2D eigenvalue weighted by atomic mass is 16.7. The molecule has 3 aromatic rings. The van der Waals surface area contributed by atoms with E-state index >= 15 is 0 Å². The fourth-order valence-electron chi connectivity index (χ4n) is 6.33. The molecule has 0 radical (unpaired) electrons. The Morgan fingerprint density at radius 3 is 2.58 bits per heavy atom. The van der Waals surface area contributed by atoms with Crippen LogP contribution in [0.2, 0.25) is 0 Å². The van der Waals surface area contributed by atoms with Crippen molar-refractivity contribution in [3.63, 3.8) is 0 Å². The molecular weight excluding hydrogens is 544 g/mol. The van der Waals surface area contributed by atoms with Crippen molar-refractivity contribution in [1.29, 1.82) is 0 Å². The summed E-state index contributed by atoms with van der Waals surface area (Å²) >= 11 is 0. The lowest BCUT2D eigenvalue weighted by Crippen LogP contribution is -2.49. The summed E-state index contributed by atoms with van der Waals surface area (Å²) in [5.74, 6) is 1.58. The summed E-state index contributed by atoms with van der Waals surface area (Å²) < 4.78 is 5.83. The van der Waals surface area contributed by atoms with E-state index in [1.165, 1.54) is 38.1 Å². The lowest BCUT2D eigenvalue weighted by molar-refractivity contribution is -0.111. The van der Waals surface area contributed by atoms with Crippen LogP contribution in [0.15, 0.2) is 55.5 Å². The zero-order valence-corrected chi connectivity index (χ0v) is 25.0. The molecule has 3 fully saturated rings. The second-order valence-corrected chi connectivity index (χ2v) is 11.3. The van der Waals surface area contributed by atoms with Crippen LogP contribution in [0.5, 0.6) is 5.75 Å². The van der Waals surface area contributed by atoms with Crippen molar-refractivity contribution in [2.24, 2.45) is 0 Å². The Labute approximate surface area is 252 Å². The lowest BCUT2D eigenvalue weighted by Gasteiger charge is -2.40. The minimum absolute atomic E-state index is 0.000441. The number of piperazine rings is 1. The van der Waals surface area contributed by atoms with E-state index in [1.807, 2.05) is 42.4 Å². The summed E-state index contributed by atoms with van der Waals surface area (Å²) in [4.78, 5) is 36.8. The van der Waals surface area contributed by atoms with Crippen LogP contribution in [-0.4, -0.2) is 71.7 Å². The van der Waals surface area contributed by atoms with Crippen LogP contribution in [0.3, 0.4) is 0 Å². The molecule has 0 bridgehead atoms. The van der Waals surface area contributed by atoms with E-state index in [9.17, 15) is 4.79 Å². The van der Waals surface area contributed by atoms with Gasteiger partial charge in [-0.05, 0) is 43.5 Å². The van der Waals surface area contributed by atoms with E-state index in [-0.39, 0.29) is 11.9 Å². The van der Waals surface area contributed by atoms with Gasteiger partial charge in [0.1, 0.15) is 17.9 Å². The maximum atomic E-state index is 12.5. The van der Waals surface area contributed by atoms with Gasteiger partial charge in [0, 0.05) is 62.7 Å². The number of carbonyl (C=O) groups is 1. The number of benzene rings is 1. The summed E-state index contributed by atoms with van der Waals surface area (Å²) in [7, 11) is 1.65. The van der Waals surface area contributed by atoms with E-state index in [0.717, 1.165) is 49.5 Å². The number of rotatable bonds is 9. The summed E-state index contributed by atoms with van der Waals surface area (Å²) in [6.45, 7) is 9.97. The van der Waals surface area contributed by atoms with Crippen LogP contribution in [0, 0.1) is 6.92 Å². The number of amides is 1. The maximum absolute atomic E-state index is 12.5. The van der Waals surface area contributed by atoms with Crippen LogP contribution in [0.25, 0.3) is 0 Å². The van der Waals surface area contributed by atoms with Crippen LogP contribution in [0.1, 0.15) is 49.4 Å². The van der Waals surface area contributed by atoms with E-state index < -0.39 is 0 Å². The van der Waals surface area contributed by atoms with Crippen molar-refractivity contribution in [2.45, 2.75) is 51.1 Å². The molecule has 2 aromatic heterocycles. The Kier molecular flexibility index (Phi) is 8.71. The highest BCUT2D eigenvalue weighted by molar-refractivity contribution is 6.02. The monoisotopic (exact) mass is 584 g/mol. The summed E-state index contributed by atoms with van der Waals surface area (Å²) in [5, 5.41) is 8.21. The van der Waals surface area contributed by atoms with Gasteiger partial charge in [-0.3, -0.25) is 19.5 Å². The van der Waals surface area contributed by atoms with Gasteiger partial charge in [-0.2, -0.15) is 0 Å². The molecule has 2 N–H and O–H groups in total. The van der Waals surface area contributed by atoms with Gasteiger partial charge >= 0.3 is 0 Å². The molecular formula is C32H40N8O3. The standard InChI is InChI=1S/C32H40N8O3/c1-4-32(41)37-25-17-26(29(42-3)18-28(25)39-14-12-38(13-15-39)24-7-5-6-8-24)36-30-19-31(35-21-34-30)40-27(11-16-43-40)23-10-9-22(2)33-20-23/h4,9-10,17-21,24,27H,1,5-8,11-16H2,2-3H3,(H,37,41)(H,34,35,36)/t27-/m1/s1. The number of anilines is 5. The van der Waals surface area contributed by atoms with Crippen molar-refractivity contribution < 1.29 is 14.4 Å². The molecule has 4 heterocycles. The molecule has 0 unspecified atom stereocenters. The predicted molar refractivity (Wildman–Crippen MR) is 168 cm³/mol. The molecule has 1 saturated carbocycles. The van der Waals surface area contributed by atoms with Gasteiger partial charge in [0.05, 0.1) is 36.8 Å². The zero-order chi connectivity index (χ0) is 29.8. The van der Waals surface area contributed by atoms with Crippen molar-refractivity contribution in [1.82, 2.24) is 19.9 Å². The third kappa shape index (κ3) is 6.42. The minimum atomic E-state index is -0.269. The number of hydrogen-bond donors (Lipinski definition) is 2. The number of nitrogens with one attached hydrogen (secondary N) is 2. The van der Waals surface area contributed by atoms with E-state index in [4.69, 9.17) is 9.57 Å². The summed E-state index contributed by atoms with van der Waals surface area (Å²) in [6.07, 6.45) is 10.8. The first-order valence-electron chi connectivity index (χ1n) is 15.1. The highest BCUT2D eigenvalue weighted by Gasteiger charge is 2.30. The molecule has 6 rings (SSSR count). The van der Waals surface area contributed by atoms with Crippen molar-refractivity contribution >= 4 is 34.6 Å². The average molecular weight is 585 g/mol. The molecule has 226 valence electrons. The third-order valence-corrected chi connectivity index (χ3v) is 8.62. The van der Waals surface area contributed by atoms with Crippen molar-refractivity contribution in [3.8, 4) is 5.75 Å². The van der Waals surface area contributed by atoms with Gasteiger partial charge in [0.15, 0.2) is 5.82 Å². The molecule has 1 aliphatic carbocycles. The number of methoxy groups -OCH3 is 1. The van der Waals surface area contributed by atoms with Crippen LogP contribution in [0.4, 0.5) is 28.7 Å². The van der Waals surface area contributed by atoms with E-state index in [0.29, 0.717) is 41.4 Å². The Hall–Kier alpha value is -4.22. The van der Waals surface area contributed by atoms with E-state index in [2.05, 4.69) is 48.0 Å². The van der Waals surface area contributed by atoms with Gasteiger partial charge in [-0.15, -0.1) is 0 Å². The number of aryl methyl sites for hydroxylation is 1. The molecule has 2 saturated heterocycles. The second kappa shape index (κ2) is 13.0. The van der Waals surface area contributed by atoms with Gasteiger partial charge in [0.25, 0.3) is 0 Å². The van der Waals surface area contributed by atoms with Crippen molar-refractivity contribution in [2.75, 3.05) is 60.5 Å². The topological polar surface area (TPSA) is 108 Å². The van der Waals surface area contributed by atoms with Crippen LogP contribution >= 0.6 is 0 Å². The quantitative estimate of drug-likeness (QED) is 0.334. The van der Waals surface area contributed by atoms with E-state index in [1.54, 1.807) is 7.11 Å². The number of ether oxygens (including phenoxy) is 1. The first kappa shape index (κ1) is 28.9. The molecule has 43 heavy (non-hydrogen) atoms. The Morgan fingerprint density at radius 1 is 1.05 bits per heavy atom. The fourth-order valence-corrected chi connectivity index (χ4v) is 6.33. The zero-order valence-electron chi connectivity index (χ0n) is 25.0. The average Bonchev–Trinajstić information content (AvgIpc) is 3.75. The number of nitrogens with zero attached hydrogens (tertiary/aromatic N) is 6. The molecule has 0 spiro atoms. The predicted octanol–water partition coefficient (Wildman–Crippen LogP) is 5.00. The SMILES string of the molecule is C=CC(=O)Nc1cc(Nc2cc(N3OCC[C@@H]3c3ccc(C)nc3)ncn2)c(OC)cc1N1CCN(C2CCCC2)CC1. The Balaban J connectivity index is 1.24. The molecule has 2 aliphatic heterocycles. The molecule has 1 aromatic carbocycles. The number of hydrogen-bond acceptors (Lipinski definition) is 10. The molecule has 3 aliphatic rings. The van der Waals surface area contributed by atoms with Gasteiger partial charge in [-0.1, -0.05) is 25.5 Å². The largest absolute Gasteiger partial charge is 0.494 e. The van der Waals surface area contributed by atoms with Gasteiger partial charge < -0.3 is 20.3 Å². The molecule has 11 nitrogen and oxygen atoms in total. The minimum Gasteiger partial charge on any atom is -0.494 e. The summed E-state index contributed by atoms with van der Waals surface area (Å²) in [5.41, 5.74) is 4.32. The first-order valence-corrected chi connectivity index (χ1v) is 15.1. The van der Waals surface area contributed by atoms with Gasteiger partial charge in [0.2, 0.25) is 5.91 Å². The normalized spacial score (nSPS) is 19.4. The highest BCUT2D eigenvalue weighted by Crippen LogP contribution is 2.40. The van der Waals surface area contributed by atoms with Crippen LogP contribution < -0.4 is 25.3 Å². The lowest BCUT2D eigenvalue weighted by atomic mass is 10.1. The maximum Gasteiger partial charge on any atom is 0.247 e. The molecule has 1 atom stereocenters. The number of aromatic nitrogens is 3. The van der Waals surface area contributed by atoms with Gasteiger partial charge in [-0.25, -0.2) is 15.0 Å². The second-order valence-electron chi connectivity index (χ2n) is 11.3. The number of pyridine rings is 1.